The zero-order valence-electron chi connectivity index (χ0n) is 9.36. The van der Waals surface area contributed by atoms with Crippen LogP contribution < -0.4 is 0 Å². The predicted octanol–water partition coefficient (Wildman–Crippen LogP) is 0.986. The number of sulfone groups is 1. The van der Waals surface area contributed by atoms with Crippen molar-refractivity contribution in [3.8, 4) is 6.07 Å². The van der Waals surface area contributed by atoms with Gasteiger partial charge in [-0.25, -0.2) is 8.42 Å². The van der Waals surface area contributed by atoms with E-state index in [1.807, 2.05) is 13.0 Å². The lowest BCUT2D eigenvalue weighted by molar-refractivity contribution is 0.153. The second-order valence-electron chi connectivity index (χ2n) is 4.44. The van der Waals surface area contributed by atoms with Gasteiger partial charge < -0.3 is 4.74 Å². The van der Waals surface area contributed by atoms with E-state index in [1.54, 1.807) is 7.11 Å². The molecule has 86 valence electrons. The lowest BCUT2D eigenvalue weighted by atomic mass is 9.99. The van der Waals surface area contributed by atoms with Crippen LogP contribution in [0.3, 0.4) is 0 Å². The summed E-state index contributed by atoms with van der Waals surface area (Å²) in [5.74, 6) is 0.0667. The number of ether oxygens (including phenoxy) is 1. The third-order valence-electron chi connectivity index (χ3n) is 3.33. The zero-order chi connectivity index (χ0) is 11.7. The Morgan fingerprint density at radius 2 is 2.20 bits per heavy atom. The quantitative estimate of drug-likeness (QED) is 0.726. The van der Waals surface area contributed by atoms with E-state index in [4.69, 9.17) is 10.00 Å². The van der Waals surface area contributed by atoms with E-state index in [1.165, 1.54) is 0 Å². The summed E-state index contributed by atoms with van der Waals surface area (Å²) in [7, 11) is -1.74. The fourth-order valence-electron chi connectivity index (χ4n) is 2.52. The average molecular weight is 231 g/mol. The normalized spacial score (nSPS) is 36.4. The van der Waals surface area contributed by atoms with Crippen LogP contribution in [0.1, 0.15) is 19.8 Å². The third kappa shape index (κ3) is 2.01. The smallest absolute Gasteiger partial charge is 0.166 e. The molecule has 0 aromatic heterocycles. The molecule has 0 saturated heterocycles. The summed E-state index contributed by atoms with van der Waals surface area (Å²) in [6, 6.07) is 2.01. The van der Waals surface area contributed by atoms with Crippen molar-refractivity contribution in [2.75, 3.05) is 20.0 Å². The average Bonchev–Trinajstić information content (AvgIpc) is 2.43. The second-order valence-corrected chi connectivity index (χ2v) is 6.71. The first-order valence-electron chi connectivity index (χ1n) is 4.97. The van der Waals surface area contributed by atoms with Gasteiger partial charge >= 0.3 is 0 Å². The molecule has 0 amide bonds. The first-order chi connectivity index (χ1) is 6.87. The van der Waals surface area contributed by atoms with Gasteiger partial charge in [0.15, 0.2) is 14.6 Å². The van der Waals surface area contributed by atoms with Gasteiger partial charge in [0.1, 0.15) is 0 Å². The van der Waals surface area contributed by atoms with Gasteiger partial charge in [0.25, 0.3) is 0 Å². The fourth-order valence-corrected chi connectivity index (χ4v) is 4.05. The van der Waals surface area contributed by atoms with Crippen LogP contribution in [0, 0.1) is 23.2 Å². The first kappa shape index (κ1) is 12.5. The maximum absolute atomic E-state index is 11.7. The van der Waals surface area contributed by atoms with Crippen LogP contribution in [0.15, 0.2) is 0 Å². The summed E-state index contributed by atoms with van der Waals surface area (Å²) in [6.45, 7) is 2.36. The van der Waals surface area contributed by atoms with Crippen LogP contribution in [0.4, 0.5) is 0 Å². The molecular formula is C10H17NO3S. The molecule has 1 fully saturated rings. The molecule has 0 radical (unpaired) electrons. The fraction of sp³-hybridized carbons (Fsp3) is 0.900. The van der Waals surface area contributed by atoms with Crippen molar-refractivity contribution in [3.05, 3.63) is 0 Å². The van der Waals surface area contributed by atoms with E-state index in [2.05, 4.69) is 0 Å². The van der Waals surface area contributed by atoms with Crippen molar-refractivity contribution < 1.29 is 13.2 Å². The van der Waals surface area contributed by atoms with Gasteiger partial charge in [-0.3, -0.25) is 0 Å². The molecule has 3 atom stereocenters. The molecule has 1 rings (SSSR count). The van der Waals surface area contributed by atoms with Crippen molar-refractivity contribution >= 4 is 9.84 Å². The van der Waals surface area contributed by atoms with E-state index >= 15 is 0 Å². The number of nitriles is 1. The highest BCUT2D eigenvalue weighted by Gasteiger charge is 2.52. The second kappa shape index (κ2) is 4.11. The molecule has 0 N–H and O–H groups in total. The molecular weight excluding hydrogens is 214 g/mol. The lowest BCUT2D eigenvalue weighted by Gasteiger charge is -2.23. The number of rotatable bonds is 3. The van der Waals surface area contributed by atoms with Crippen molar-refractivity contribution in [2.45, 2.75) is 24.5 Å². The molecule has 0 aromatic carbocycles. The molecule has 5 heteroatoms. The number of hydrogen-bond donors (Lipinski definition) is 0. The Kier molecular flexibility index (Phi) is 3.41. The van der Waals surface area contributed by atoms with Crippen molar-refractivity contribution in [3.63, 3.8) is 0 Å². The Morgan fingerprint density at radius 3 is 2.53 bits per heavy atom. The maximum atomic E-state index is 11.7. The van der Waals surface area contributed by atoms with E-state index in [9.17, 15) is 8.42 Å². The van der Waals surface area contributed by atoms with Crippen LogP contribution in [0.25, 0.3) is 0 Å². The van der Waals surface area contributed by atoms with Gasteiger partial charge in [-0.2, -0.15) is 5.26 Å². The molecule has 0 aromatic rings. The van der Waals surface area contributed by atoms with Gasteiger partial charge in [0.05, 0.1) is 6.07 Å². The van der Waals surface area contributed by atoms with Crippen molar-refractivity contribution in [2.24, 2.45) is 11.8 Å². The third-order valence-corrected chi connectivity index (χ3v) is 5.31. The molecule has 0 unspecified atom stereocenters. The summed E-state index contributed by atoms with van der Waals surface area (Å²) in [5, 5.41) is 9.14. The highest BCUT2D eigenvalue weighted by atomic mass is 32.2. The van der Waals surface area contributed by atoms with Gasteiger partial charge in [0, 0.05) is 20.0 Å². The summed E-state index contributed by atoms with van der Waals surface area (Å²) < 4.78 is 27.2. The monoisotopic (exact) mass is 231 g/mol. The van der Waals surface area contributed by atoms with Gasteiger partial charge in [-0.1, -0.05) is 6.92 Å². The Morgan fingerprint density at radius 1 is 1.60 bits per heavy atom. The molecule has 4 nitrogen and oxygen atoms in total. The Bertz CT molecular complexity index is 371. The number of nitrogens with zero attached hydrogens (tertiary/aromatic N) is 1. The van der Waals surface area contributed by atoms with E-state index in [-0.39, 0.29) is 11.8 Å². The van der Waals surface area contributed by atoms with Crippen LogP contribution in [0.2, 0.25) is 0 Å². The first-order valence-corrected chi connectivity index (χ1v) is 6.86. The van der Waals surface area contributed by atoms with Crippen molar-refractivity contribution in [1.82, 2.24) is 0 Å². The molecule has 1 aliphatic carbocycles. The van der Waals surface area contributed by atoms with Crippen LogP contribution in [0.5, 0.6) is 0 Å². The molecule has 1 aliphatic rings. The number of hydrogen-bond acceptors (Lipinski definition) is 4. The maximum Gasteiger partial charge on any atom is 0.166 e. The minimum absolute atomic E-state index is 0.113. The van der Waals surface area contributed by atoms with E-state index in [0.29, 0.717) is 13.0 Å². The van der Waals surface area contributed by atoms with Gasteiger partial charge in [-0.05, 0) is 24.7 Å². The van der Waals surface area contributed by atoms with Gasteiger partial charge in [0.2, 0.25) is 0 Å². The standard InChI is InChI=1S/C10H17NO3S/c1-8-4-9(6-14-2)5-10(8,7-11)15(3,12)13/h8-9H,4-6H2,1-3H3/t8-,9-,10+/m0/s1. The highest BCUT2D eigenvalue weighted by molar-refractivity contribution is 7.92. The molecule has 0 bridgehead atoms. The van der Waals surface area contributed by atoms with Gasteiger partial charge in [-0.15, -0.1) is 0 Å². The Labute approximate surface area is 91.1 Å². The topological polar surface area (TPSA) is 67.2 Å². The summed E-state index contributed by atoms with van der Waals surface area (Å²) in [4.78, 5) is 0. The minimum Gasteiger partial charge on any atom is -0.384 e. The molecule has 0 spiro atoms. The minimum atomic E-state index is -3.33. The summed E-state index contributed by atoms with van der Waals surface area (Å²) >= 11 is 0. The molecule has 1 saturated carbocycles. The van der Waals surface area contributed by atoms with E-state index < -0.39 is 14.6 Å². The molecule has 0 heterocycles. The van der Waals surface area contributed by atoms with E-state index in [0.717, 1.165) is 12.7 Å². The lowest BCUT2D eigenvalue weighted by Crippen LogP contribution is -2.39. The molecule has 0 aliphatic heterocycles. The van der Waals surface area contributed by atoms with Crippen LogP contribution >= 0.6 is 0 Å². The number of methoxy groups -OCH3 is 1. The highest BCUT2D eigenvalue weighted by Crippen LogP contribution is 2.44. The summed E-state index contributed by atoms with van der Waals surface area (Å²) in [5.41, 5.74) is 0. The van der Waals surface area contributed by atoms with Crippen LogP contribution in [-0.4, -0.2) is 33.1 Å². The zero-order valence-corrected chi connectivity index (χ0v) is 10.2. The summed E-state index contributed by atoms with van der Waals surface area (Å²) in [6.07, 6.45) is 2.30. The largest absolute Gasteiger partial charge is 0.384 e. The van der Waals surface area contributed by atoms with Crippen molar-refractivity contribution in [1.29, 1.82) is 5.26 Å². The van der Waals surface area contributed by atoms with Crippen LogP contribution in [-0.2, 0) is 14.6 Å². The Hall–Kier alpha value is -0.600. The SMILES string of the molecule is COC[C@H]1C[C@H](C)[C@@](C#N)(S(C)(=O)=O)C1. The molecule has 15 heavy (non-hydrogen) atoms. The Balaban J connectivity index is 3.00. The predicted molar refractivity (Wildman–Crippen MR) is 57.0 cm³/mol.